The predicted molar refractivity (Wildman–Crippen MR) is 88.3 cm³/mol. The fraction of sp³-hybridized carbons (Fsp3) is 0.625. The molecule has 0 aliphatic carbocycles. The minimum Gasteiger partial charge on any atom is -0.381 e. The molecule has 0 saturated carbocycles. The van der Waals surface area contributed by atoms with E-state index in [2.05, 4.69) is 40.3 Å². The van der Waals surface area contributed by atoms with Gasteiger partial charge in [0.25, 0.3) is 0 Å². The van der Waals surface area contributed by atoms with Gasteiger partial charge in [-0.05, 0) is 71.8 Å². The molecule has 0 aromatic heterocycles. The third kappa shape index (κ3) is 4.73. The van der Waals surface area contributed by atoms with Gasteiger partial charge in [-0.3, -0.25) is 0 Å². The summed E-state index contributed by atoms with van der Waals surface area (Å²) in [5.41, 5.74) is 1.29. The van der Waals surface area contributed by atoms with Gasteiger partial charge in [0.15, 0.2) is 0 Å². The number of nitrogens with one attached hydrogen (secondary N) is 1. The summed E-state index contributed by atoms with van der Waals surface area (Å²) >= 11 is 9.70. The van der Waals surface area contributed by atoms with E-state index in [4.69, 9.17) is 16.3 Å². The Kier molecular flexibility index (Phi) is 6.82. The van der Waals surface area contributed by atoms with Crippen molar-refractivity contribution in [2.75, 3.05) is 19.8 Å². The van der Waals surface area contributed by atoms with Crippen molar-refractivity contribution in [1.29, 1.82) is 0 Å². The second-order valence-electron chi connectivity index (χ2n) is 5.47. The zero-order chi connectivity index (χ0) is 14.4. The van der Waals surface area contributed by atoms with Crippen molar-refractivity contribution in [2.45, 2.75) is 38.6 Å². The first kappa shape index (κ1) is 16.3. The normalized spacial score (nSPS) is 18.1. The number of rotatable bonds is 6. The average Bonchev–Trinajstić information content (AvgIpc) is 2.47. The summed E-state index contributed by atoms with van der Waals surface area (Å²) in [4.78, 5) is 0. The minimum atomic E-state index is 0.392. The number of ether oxygens (including phenoxy) is 1. The molecule has 2 nitrogen and oxygen atoms in total. The van der Waals surface area contributed by atoms with Crippen LogP contribution in [0.25, 0.3) is 0 Å². The van der Waals surface area contributed by atoms with E-state index in [-0.39, 0.29) is 0 Å². The number of halogens is 2. The Morgan fingerprint density at radius 2 is 2.15 bits per heavy atom. The predicted octanol–water partition coefficient (Wildman–Crippen LogP) is 4.96. The Morgan fingerprint density at radius 3 is 2.80 bits per heavy atom. The molecule has 0 bridgehead atoms. The van der Waals surface area contributed by atoms with Gasteiger partial charge in [0.1, 0.15) is 0 Å². The van der Waals surface area contributed by atoms with Crippen molar-refractivity contribution in [3.05, 3.63) is 33.3 Å². The van der Waals surface area contributed by atoms with Gasteiger partial charge in [0.2, 0.25) is 0 Å². The van der Waals surface area contributed by atoms with Gasteiger partial charge in [-0.15, -0.1) is 0 Å². The molecular formula is C16H23BrClNO. The van der Waals surface area contributed by atoms with Crippen molar-refractivity contribution in [2.24, 2.45) is 5.92 Å². The topological polar surface area (TPSA) is 21.3 Å². The van der Waals surface area contributed by atoms with E-state index in [1.54, 1.807) is 0 Å². The van der Waals surface area contributed by atoms with Crippen LogP contribution < -0.4 is 5.32 Å². The molecule has 1 aliphatic rings. The average molecular weight is 361 g/mol. The van der Waals surface area contributed by atoms with Crippen molar-refractivity contribution >= 4 is 27.5 Å². The lowest BCUT2D eigenvalue weighted by atomic mass is 9.89. The minimum absolute atomic E-state index is 0.392. The molecule has 1 fully saturated rings. The molecule has 1 aliphatic heterocycles. The molecule has 0 amide bonds. The Hall–Kier alpha value is -0.0900. The second kappa shape index (κ2) is 8.38. The molecular weight excluding hydrogens is 338 g/mol. The van der Waals surface area contributed by atoms with Crippen LogP contribution in [0.3, 0.4) is 0 Å². The fourth-order valence-electron chi connectivity index (χ4n) is 2.70. The van der Waals surface area contributed by atoms with Crippen LogP contribution in [-0.2, 0) is 4.74 Å². The van der Waals surface area contributed by atoms with E-state index in [1.165, 1.54) is 24.8 Å². The van der Waals surface area contributed by atoms with Crippen LogP contribution in [0.1, 0.15) is 44.2 Å². The first-order valence-corrected chi connectivity index (χ1v) is 8.64. The largest absolute Gasteiger partial charge is 0.381 e. The lowest BCUT2D eigenvalue weighted by molar-refractivity contribution is 0.0605. The summed E-state index contributed by atoms with van der Waals surface area (Å²) in [5, 5.41) is 4.45. The summed E-state index contributed by atoms with van der Waals surface area (Å²) in [7, 11) is 0. The lowest BCUT2D eigenvalue weighted by Gasteiger charge is -2.28. The Labute approximate surface area is 135 Å². The van der Waals surface area contributed by atoms with Crippen LogP contribution in [0.4, 0.5) is 0 Å². The van der Waals surface area contributed by atoms with Gasteiger partial charge in [0, 0.05) is 23.7 Å². The summed E-state index contributed by atoms with van der Waals surface area (Å²) < 4.78 is 6.42. The SMILES string of the molecule is CCCNC(CC1CCOCC1)c1ccc(Br)c(Cl)c1. The molecule has 1 heterocycles. The lowest BCUT2D eigenvalue weighted by Crippen LogP contribution is -2.27. The molecule has 112 valence electrons. The smallest absolute Gasteiger partial charge is 0.0551 e. The molecule has 1 saturated heterocycles. The molecule has 2 rings (SSSR count). The van der Waals surface area contributed by atoms with Gasteiger partial charge < -0.3 is 10.1 Å². The van der Waals surface area contributed by atoms with Crippen LogP contribution in [0, 0.1) is 5.92 Å². The molecule has 1 N–H and O–H groups in total. The standard InChI is InChI=1S/C16H23BrClNO/c1-2-7-19-16(10-12-5-8-20-9-6-12)13-3-4-14(17)15(18)11-13/h3-4,11-12,16,19H,2,5-10H2,1H3. The van der Waals surface area contributed by atoms with Gasteiger partial charge in [-0.1, -0.05) is 24.6 Å². The van der Waals surface area contributed by atoms with E-state index >= 15 is 0 Å². The highest BCUT2D eigenvalue weighted by Crippen LogP contribution is 2.31. The molecule has 1 unspecified atom stereocenters. The monoisotopic (exact) mass is 359 g/mol. The second-order valence-corrected chi connectivity index (χ2v) is 6.73. The maximum Gasteiger partial charge on any atom is 0.0551 e. The molecule has 4 heteroatoms. The van der Waals surface area contributed by atoms with E-state index < -0.39 is 0 Å². The van der Waals surface area contributed by atoms with Crippen LogP contribution >= 0.6 is 27.5 Å². The van der Waals surface area contributed by atoms with Gasteiger partial charge in [0.05, 0.1) is 5.02 Å². The molecule has 20 heavy (non-hydrogen) atoms. The molecule has 1 aromatic carbocycles. The zero-order valence-corrected chi connectivity index (χ0v) is 14.3. The summed E-state index contributed by atoms with van der Waals surface area (Å²) in [6.45, 7) is 5.06. The Morgan fingerprint density at radius 1 is 1.40 bits per heavy atom. The molecule has 1 atom stereocenters. The highest BCUT2D eigenvalue weighted by molar-refractivity contribution is 9.10. The third-order valence-electron chi connectivity index (χ3n) is 3.90. The Bertz CT molecular complexity index is 421. The van der Waals surface area contributed by atoms with Gasteiger partial charge >= 0.3 is 0 Å². The first-order chi connectivity index (χ1) is 9.70. The van der Waals surface area contributed by atoms with E-state index in [0.717, 1.165) is 41.6 Å². The van der Waals surface area contributed by atoms with Crippen molar-refractivity contribution in [3.63, 3.8) is 0 Å². The molecule has 0 spiro atoms. The first-order valence-electron chi connectivity index (χ1n) is 7.46. The maximum atomic E-state index is 6.24. The quantitative estimate of drug-likeness (QED) is 0.774. The van der Waals surface area contributed by atoms with Crippen molar-refractivity contribution in [1.82, 2.24) is 5.32 Å². The van der Waals surface area contributed by atoms with Crippen LogP contribution in [-0.4, -0.2) is 19.8 Å². The van der Waals surface area contributed by atoms with Gasteiger partial charge in [-0.2, -0.15) is 0 Å². The van der Waals surface area contributed by atoms with Crippen LogP contribution in [0.15, 0.2) is 22.7 Å². The highest BCUT2D eigenvalue weighted by atomic mass is 79.9. The van der Waals surface area contributed by atoms with Crippen LogP contribution in [0.2, 0.25) is 5.02 Å². The van der Waals surface area contributed by atoms with E-state index in [0.29, 0.717) is 6.04 Å². The third-order valence-corrected chi connectivity index (χ3v) is 5.13. The van der Waals surface area contributed by atoms with Gasteiger partial charge in [-0.25, -0.2) is 0 Å². The highest BCUT2D eigenvalue weighted by Gasteiger charge is 2.20. The summed E-state index contributed by atoms with van der Waals surface area (Å²) in [6.07, 6.45) is 4.67. The summed E-state index contributed by atoms with van der Waals surface area (Å²) in [6, 6.07) is 6.69. The number of benzene rings is 1. The van der Waals surface area contributed by atoms with E-state index in [9.17, 15) is 0 Å². The maximum absolute atomic E-state index is 6.24. The molecule has 0 radical (unpaired) electrons. The fourth-order valence-corrected chi connectivity index (χ4v) is 3.14. The number of hydrogen-bond donors (Lipinski definition) is 1. The van der Waals surface area contributed by atoms with Crippen LogP contribution in [0.5, 0.6) is 0 Å². The molecule has 1 aromatic rings. The van der Waals surface area contributed by atoms with E-state index in [1.807, 2.05) is 6.07 Å². The van der Waals surface area contributed by atoms with Crippen molar-refractivity contribution < 1.29 is 4.74 Å². The zero-order valence-electron chi connectivity index (χ0n) is 12.0. The number of hydrogen-bond acceptors (Lipinski definition) is 2. The van der Waals surface area contributed by atoms with Crippen molar-refractivity contribution in [3.8, 4) is 0 Å². The Balaban J connectivity index is 2.06. The summed E-state index contributed by atoms with van der Waals surface area (Å²) in [5.74, 6) is 0.750.